The van der Waals surface area contributed by atoms with Gasteiger partial charge in [-0.25, -0.2) is 4.39 Å². The number of carbonyl (C=O) groups is 1. The molecule has 0 saturated heterocycles. The van der Waals surface area contributed by atoms with Crippen LogP contribution >= 0.6 is 0 Å². The molecule has 4 heteroatoms. The topological polar surface area (TPSA) is 41.1 Å². The van der Waals surface area contributed by atoms with E-state index in [1.165, 1.54) is 6.07 Å². The van der Waals surface area contributed by atoms with Crippen molar-refractivity contribution < 1.29 is 9.18 Å². The largest absolute Gasteiger partial charge is 0.374 e. The van der Waals surface area contributed by atoms with Gasteiger partial charge in [0.2, 0.25) is 5.91 Å². The maximum Gasteiger partial charge on any atom is 0.239 e. The van der Waals surface area contributed by atoms with Crippen LogP contribution in [0.2, 0.25) is 0 Å². The standard InChI is InChI=1S/C16H17FN2O/c1-12(13-7-3-2-4-8-13)19-16(20)11-18-15-10-6-5-9-14(15)17/h2-10,12,18H,11H2,1H3,(H,19,20). The third kappa shape index (κ3) is 3.82. The van der Waals surface area contributed by atoms with Crippen LogP contribution in [-0.2, 0) is 4.79 Å². The summed E-state index contributed by atoms with van der Waals surface area (Å²) in [5.74, 6) is -0.541. The van der Waals surface area contributed by atoms with Gasteiger partial charge in [0.1, 0.15) is 5.82 Å². The minimum absolute atomic E-state index is 0.0398. The quantitative estimate of drug-likeness (QED) is 0.878. The van der Waals surface area contributed by atoms with E-state index in [0.29, 0.717) is 5.69 Å². The average Bonchev–Trinajstić information content (AvgIpc) is 2.47. The van der Waals surface area contributed by atoms with Gasteiger partial charge in [-0.05, 0) is 24.6 Å². The molecule has 1 atom stereocenters. The van der Waals surface area contributed by atoms with Crippen molar-refractivity contribution in [1.29, 1.82) is 0 Å². The molecule has 0 aromatic heterocycles. The van der Waals surface area contributed by atoms with E-state index >= 15 is 0 Å². The first kappa shape index (κ1) is 14.1. The van der Waals surface area contributed by atoms with Gasteiger partial charge in [-0.15, -0.1) is 0 Å². The molecule has 3 nitrogen and oxygen atoms in total. The van der Waals surface area contributed by atoms with Crippen molar-refractivity contribution in [2.45, 2.75) is 13.0 Å². The van der Waals surface area contributed by atoms with Crippen LogP contribution in [0.25, 0.3) is 0 Å². The Balaban J connectivity index is 1.86. The molecule has 2 rings (SSSR count). The zero-order chi connectivity index (χ0) is 14.4. The highest BCUT2D eigenvalue weighted by Crippen LogP contribution is 2.13. The number of nitrogens with one attached hydrogen (secondary N) is 2. The monoisotopic (exact) mass is 272 g/mol. The molecule has 0 aliphatic rings. The first-order chi connectivity index (χ1) is 9.66. The Hall–Kier alpha value is -2.36. The Kier molecular flexibility index (Phi) is 4.71. The molecule has 0 aliphatic carbocycles. The summed E-state index contributed by atoms with van der Waals surface area (Å²) in [6.07, 6.45) is 0. The van der Waals surface area contributed by atoms with Gasteiger partial charge in [-0.3, -0.25) is 4.79 Å². The van der Waals surface area contributed by atoms with Crippen LogP contribution in [-0.4, -0.2) is 12.5 Å². The minimum atomic E-state index is -0.364. The van der Waals surface area contributed by atoms with Gasteiger partial charge < -0.3 is 10.6 Å². The Morgan fingerprint density at radius 1 is 1.10 bits per heavy atom. The summed E-state index contributed by atoms with van der Waals surface area (Å²) in [7, 11) is 0. The molecule has 20 heavy (non-hydrogen) atoms. The van der Waals surface area contributed by atoms with E-state index in [1.807, 2.05) is 37.3 Å². The van der Waals surface area contributed by atoms with E-state index in [4.69, 9.17) is 0 Å². The molecular weight excluding hydrogens is 255 g/mol. The highest BCUT2D eigenvalue weighted by atomic mass is 19.1. The number of rotatable bonds is 5. The lowest BCUT2D eigenvalue weighted by Gasteiger charge is -2.15. The van der Waals surface area contributed by atoms with Crippen LogP contribution in [0.4, 0.5) is 10.1 Å². The van der Waals surface area contributed by atoms with E-state index in [0.717, 1.165) is 5.56 Å². The van der Waals surface area contributed by atoms with Crippen LogP contribution in [0.1, 0.15) is 18.5 Å². The van der Waals surface area contributed by atoms with Crippen molar-refractivity contribution in [3.63, 3.8) is 0 Å². The van der Waals surface area contributed by atoms with Gasteiger partial charge in [0.15, 0.2) is 0 Å². The Morgan fingerprint density at radius 3 is 2.45 bits per heavy atom. The van der Waals surface area contributed by atoms with Crippen molar-refractivity contribution in [2.75, 3.05) is 11.9 Å². The molecule has 0 fully saturated rings. The predicted octanol–water partition coefficient (Wildman–Crippen LogP) is 3.12. The summed E-state index contributed by atoms with van der Waals surface area (Å²) in [5, 5.41) is 5.64. The fourth-order valence-corrected chi connectivity index (χ4v) is 1.90. The summed E-state index contributed by atoms with van der Waals surface area (Å²) < 4.78 is 13.4. The molecule has 0 radical (unpaired) electrons. The number of carbonyl (C=O) groups excluding carboxylic acids is 1. The molecule has 0 spiro atoms. The molecule has 1 unspecified atom stereocenters. The number of hydrogen-bond donors (Lipinski definition) is 2. The van der Waals surface area contributed by atoms with Crippen LogP contribution in [0.15, 0.2) is 54.6 Å². The molecule has 2 aromatic carbocycles. The molecule has 2 aromatic rings. The average molecular weight is 272 g/mol. The molecular formula is C16H17FN2O. The second-order valence-electron chi connectivity index (χ2n) is 4.53. The zero-order valence-electron chi connectivity index (χ0n) is 11.3. The van der Waals surface area contributed by atoms with Gasteiger partial charge in [0, 0.05) is 0 Å². The molecule has 1 amide bonds. The van der Waals surface area contributed by atoms with Crippen LogP contribution in [0.5, 0.6) is 0 Å². The molecule has 104 valence electrons. The summed E-state index contributed by atoms with van der Waals surface area (Å²) in [6, 6.07) is 15.9. The van der Waals surface area contributed by atoms with E-state index in [2.05, 4.69) is 10.6 Å². The summed E-state index contributed by atoms with van der Waals surface area (Å²) in [5.41, 5.74) is 1.36. The smallest absolute Gasteiger partial charge is 0.239 e. The summed E-state index contributed by atoms with van der Waals surface area (Å²) in [4.78, 5) is 11.8. The predicted molar refractivity (Wildman–Crippen MR) is 77.9 cm³/mol. The van der Waals surface area contributed by atoms with Crippen molar-refractivity contribution in [2.24, 2.45) is 0 Å². The van der Waals surface area contributed by atoms with Gasteiger partial charge >= 0.3 is 0 Å². The van der Waals surface area contributed by atoms with Crippen molar-refractivity contribution >= 4 is 11.6 Å². The fraction of sp³-hybridized carbons (Fsp3) is 0.188. The second-order valence-corrected chi connectivity index (χ2v) is 4.53. The Labute approximate surface area is 117 Å². The fourth-order valence-electron chi connectivity index (χ4n) is 1.90. The van der Waals surface area contributed by atoms with Gasteiger partial charge in [-0.2, -0.15) is 0 Å². The van der Waals surface area contributed by atoms with Gasteiger partial charge in [0.25, 0.3) is 0 Å². The number of benzene rings is 2. The first-order valence-electron chi connectivity index (χ1n) is 6.49. The van der Waals surface area contributed by atoms with E-state index in [9.17, 15) is 9.18 Å². The molecule has 0 bridgehead atoms. The highest BCUT2D eigenvalue weighted by Gasteiger charge is 2.09. The number of halogens is 1. The highest BCUT2D eigenvalue weighted by molar-refractivity contribution is 5.81. The minimum Gasteiger partial charge on any atom is -0.374 e. The number of amides is 1. The van der Waals surface area contributed by atoms with Crippen LogP contribution in [0.3, 0.4) is 0 Å². The van der Waals surface area contributed by atoms with Crippen LogP contribution < -0.4 is 10.6 Å². The van der Waals surface area contributed by atoms with Crippen molar-refractivity contribution in [3.05, 3.63) is 66.0 Å². The zero-order valence-corrected chi connectivity index (χ0v) is 11.3. The summed E-state index contributed by atoms with van der Waals surface area (Å²) in [6.45, 7) is 1.95. The number of hydrogen-bond acceptors (Lipinski definition) is 2. The SMILES string of the molecule is CC(NC(=O)CNc1ccccc1F)c1ccccc1. The van der Waals surface area contributed by atoms with Crippen molar-refractivity contribution in [3.8, 4) is 0 Å². The number of anilines is 1. The van der Waals surface area contributed by atoms with Crippen LogP contribution in [0, 0.1) is 5.82 Å². The lowest BCUT2D eigenvalue weighted by Crippen LogP contribution is -2.32. The van der Waals surface area contributed by atoms with E-state index < -0.39 is 0 Å². The first-order valence-corrected chi connectivity index (χ1v) is 6.49. The Morgan fingerprint density at radius 2 is 1.75 bits per heavy atom. The number of para-hydroxylation sites is 1. The van der Waals surface area contributed by atoms with E-state index in [-0.39, 0.29) is 24.3 Å². The lowest BCUT2D eigenvalue weighted by atomic mass is 10.1. The van der Waals surface area contributed by atoms with Gasteiger partial charge in [0.05, 0.1) is 18.3 Å². The molecule has 0 saturated carbocycles. The third-order valence-electron chi connectivity index (χ3n) is 2.99. The molecule has 0 aliphatic heterocycles. The maximum absolute atomic E-state index is 13.4. The second kappa shape index (κ2) is 6.70. The van der Waals surface area contributed by atoms with Crippen molar-refractivity contribution in [1.82, 2.24) is 5.32 Å². The molecule has 2 N–H and O–H groups in total. The van der Waals surface area contributed by atoms with Gasteiger partial charge in [-0.1, -0.05) is 42.5 Å². The lowest BCUT2D eigenvalue weighted by molar-refractivity contribution is -0.120. The molecule has 0 heterocycles. The summed E-state index contributed by atoms with van der Waals surface area (Å²) >= 11 is 0. The normalized spacial score (nSPS) is 11.7. The Bertz CT molecular complexity index is 572. The van der Waals surface area contributed by atoms with E-state index in [1.54, 1.807) is 18.2 Å². The third-order valence-corrected chi connectivity index (χ3v) is 2.99. The maximum atomic E-state index is 13.4.